The van der Waals surface area contributed by atoms with Gasteiger partial charge < -0.3 is 4.74 Å². The molecule has 1 aliphatic rings. The first-order valence-corrected chi connectivity index (χ1v) is 12.9. The van der Waals surface area contributed by atoms with Crippen LogP contribution in [0.2, 0.25) is 5.02 Å². The summed E-state index contributed by atoms with van der Waals surface area (Å²) in [5.41, 5.74) is 1.92. The molecule has 0 unspecified atom stereocenters. The van der Waals surface area contributed by atoms with E-state index in [0.717, 1.165) is 28.1 Å². The van der Waals surface area contributed by atoms with Crippen molar-refractivity contribution in [3.05, 3.63) is 116 Å². The first-order valence-electron chi connectivity index (χ1n) is 10.9. The van der Waals surface area contributed by atoms with E-state index < -0.39 is 5.97 Å². The van der Waals surface area contributed by atoms with E-state index in [4.69, 9.17) is 16.3 Å². The van der Waals surface area contributed by atoms with Crippen LogP contribution in [-0.4, -0.2) is 22.0 Å². The van der Waals surface area contributed by atoms with Gasteiger partial charge in [0.15, 0.2) is 0 Å². The Morgan fingerprint density at radius 1 is 0.972 bits per heavy atom. The summed E-state index contributed by atoms with van der Waals surface area (Å²) in [5, 5.41) is 1.96. The lowest BCUT2D eigenvalue weighted by Gasteiger charge is -2.12. The van der Waals surface area contributed by atoms with Gasteiger partial charge in [0.2, 0.25) is 0 Å². The number of ether oxygens (including phenoxy) is 1. The highest BCUT2D eigenvalue weighted by Crippen LogP contribution is 2.35. The third kappa shape index (κ3) is 5.09. The Morgan fingerprint density at radius 2 is 1.75 bits per heavy atom. The third-order valence-electron chi connectivity index (χ3n) is 5.57. The van der Waals surface area contributed by atoms with E-state index in [1.165, 1.54) is 4.90 Å². The number of rotatable bonds is 5. The van der Waals surface area contributed by atoms with Crippen LogP contribution in [0, 0.1) is 0 Å². The Hall–Kier alpha value is -3.39. The molecule has 0 spiro atoms. The molecule has 36 heavy (non-hydrogen) atoms. The number of hydrogen-bond acceptors (Lipinski definition) is 5. The molecule has 1 saturated heterocycles. The van der Waals surface area contributed by atoms with Gasteiger partial charge in [-0.25, -0.2) is 4.79 Å². The molecule has 0 atom stereocenters. The highest BCUT2D eigenvalue weighted by atomic mass is 79.9. The summed E-state index contributed by atoms with van der Waals surface area (Å²) in [6.07, 6.45) is 1.64. The lowest BCUT2D eigenvalue weighted by atomic mass is 10.0. The number of fused-ring (bicyclic) bond motifs is 1. The quantitative estimate of drug-likeness (QED) is 0.138. The van der Waals surface area contributed by atoms with E-state index in [-0.39, 0.29) is 17.7 Å². The Morgan fingerprint density at radius 3 is 2.56 bits per heavy atom. The van der Waals surface area contributed by atoms with Crippen LogP contribution in [0.25, 0.3) is 16.8 Å². The minimum absolute atomic E-state index is 0.148. The highest BCUT2D eigenvalue weighted by molar-refractivity contribution is 9.10. The average molecular weight is 579 g/mol. The fourth-order valence-electron chi connectivity index (χ4n) is 3.85. The largest absolute Gasteiger partial charge is 0.422 e. The highest BCUT2D eigenvalue weighted by Gasteiger charge is 2.35. The molecular formula is C28H17BrClNO4S. The maximum Gasteiger partial charge on any atom is 0.344 e. The summed E-state index contributed by atoms with van der Waals surface area (Å²) < 4.78 is 6.19. The molecule has 0 bridgehead atoms. The van der Waals surface area contributed by atoms with Crippen LogP contribution < -0.4 is 4.74 Å². The number of imide groups is 1. The number of esters is 1. The zero-order valence-electron chi connectivity index (χ0n) is 18.6. The Bertz CT molecular complexity index is 1560. The molecule has 1 aliphatic heterocycles. The van der Waals surface area contributed by atoms with Crippen molar-refractivity contribution in [1.82, 2.24) is 4.90 Å². The lowest BCUT2D eigenvalue weighted by Crippen LogP contribution is -2.27. The van der Waals surface area contributed by atoms with Gasteiger partial charge in [-0.3, -0.25) is 14.5 Å². The molecule has 0 aliphatic carbocycles. The minimum Gasteiger partial charge on any atom is -0.422 e. The van der Waals surface area contributed by atoms with Crippen molar-refractivity contribution in [2.45, 2.75) is 6.54 Å². The monoisotopic (exact) mass is 577 g/mol. The summed E-state index contributed by atoms with van der Waals surface area (Å²) in [6, 6.07) is 25.2. The SMILES string of the molecule is O=C(Oc1ccc(/C=C2\SC(=O)N(Cc3cccc(Cl)c3)C2=O)cc1Br)c1cccc2ccccc12. The van der Waals surface area contributed by atoms with Gasteiger partial charge in [-0.15, -0.1) is 0 Å². The number of halogens is 2. The maximum absolute atomic E-state index is 12.9. The molecule has 4 aromatic rings. The summed E-state index contributed by atoms with van der Waals surface area (Å²) in [6.45, 7) is 0.148. The van der Waals surface area contributed by atoms with Gasteiger partial charge in [0, 0.05) is 5.02 Å². The molecule has 1 fully saturated rings. The van der Waals surface area contributed by atoms with Crippen LogP contribution in [0.1, 0.15) is 21.5 Å². The lowest BCUT2D eigenvalue weighted by molar-refractivity contribution is -0.123. The van der Waals surface area contributed by atoms with Crippen molar-refractivity contribution in [1.29, 1.82) is 0 Å². The summed E-state index contributed by atoms with van der Waals surface area (Å²) in [4.78, 5) is 39.7. The van der Waals surface area contributed by atoms with Gasteiger partial charge in [0.1, 0.15) is 5.75 Å². The number of carbonyl (C=O) groups excluding carboxylic acids is 3. The average Bonchev–Trinajstić information content (AvgIpc) is 3.12. The van der Waals surface area contributed by atoms with E-state index in [2.05, 4.69) is 15.9 Å². The van der Waals surface area contributed by atoms with Gasteiger partial charge in [0.25, 0.3) is 11.1 Å². The number of amides is 2. The van der Waals surface area contributed by atoms with Crippen LogP contribution >= 0.6 is 39.3 Å². The number of carbonyl (C=O) groups is 3. The van der Waals surface area contributed by atoms with Crippen LogP contribution in [0.3, 0.4) is 0 Å². The Kier molecular flexibility index (Phi) is 6.96. The zero-order valence-corrected chi connectivity index (χ0v) is 21.8. The maximum atomic E-state index is 12.9. The summed E-state index contributed by atoms with van der Waals surface area (Å²) >= 11 is 10.4. The van der Waals surface area contributed by atoms with Crippen LogP contribution in [-0.2, 0) is 11.3 Å². The number of thioether (sulfide) groups is 1. The number of nitrogens with zero attached hydrogens (tertiary/aromatic N) is 1. The molecule has 4 aromatic carbocycles. The molecule has 2 amide bonds. The topological polar surface area (TPSA) is 63.7 Å². The predicted molar refractivity (Wildman–Crippen MR) is 146 cm³/mol. The zero-order chi connectivity index (χ0) is 25.2. The second-order valence-corrected chi connectivity index (χ2v) is 10.3. The molecule has 5 nitrogen and oxygen atoms in total. The van der Waals surface area contributed by atoms with E-state index in [1.54, 1.807) is 48.5 Å². The molecule has 0 N–H and O–H groups in total. The minimum atomic E-state index is -0.470. The van der Waals surface area contributed by atoms with E-state index in [9.17, 15) is 14.4 Å². The summed E-state index contributed by atoms with van der Waals surface area (Å²) in [7, 11) is 0. The van der Waals surface area contributed by atoms with E-state index >= 15 is 0 Å². The van der Waals surface area contributed by atoms with E-state index in [0.29, 0.717) is 31.3 Å². The van der Waals surface area contributed by atoms with Crippen molar-refractivity contribution in [2.24, 2.45) is 0 Å². The predicted octanol–water partition coefficient (Wildman–Crippen LogP) is 7.71. The van der Waals surface area contributed by atoms with Crippen molar-refractivity contribution < 1.29 is 19.1 Å². The second kappa shape index (κ2) is 10.3. The van der Waals surface area contributed by atoms with Crippen molar-refractivity contribution >= 4 is 73.3 Å². The van der Waals surface area contributed by atoms with E-state index in [1.807, 2.05) is 42.5 Å². The van der Waals surface area contributed by atoms with Gasteiger partial charge in [-0.2, -0.15) is 0 Å². The number of benzene rings is 4. The third-order valence-corrected chi connectivity index (χ3v) is 7.33. The van der Waals surface area contributed by atoms with Crippen molar-refractivity contribution in [2.75, 3.05) is 0 Å². The standard InChI is InChI=1S/C28H17BrClNO4S/c29-23-14-17(15-25-26(32)31(28(34)36-25)16-18-5-3-8-20(30)13-18)11-12-24(23)35-27(33)22-10-4-7-19-6-1-2-9-21(19)22/h1-15H,16H2/b25-15-. The van der Waals surface area contributed by atoms with Gasteiger partial charge in [-0.05, 0) is 86.0 Å². The Labute approximate surface area is 224 Å². The molecular weight excluding hydrogens is 562 g/mol. The first-order chi connectivity index (χ1) is 17.4. The second-order valence-electron chi connectivity index (χ2n) is 8.00. The van der Waals surface area contributed by atoms with Crippen molar-refractivity contribution in [3.8, 4) is 5.75 Å². The molecule has 178 valence electrons. The Balaban J connectivity index is 1.33. The van der Waals surface area contributed by atoms with Gasteiger partial charge in [0.05, 0.1) is 21.5 Å². The smallest absolute Gasteiger partial charge is 0.344 e. The van der Waals surface area contributed by atoms with Gasteiger partial charge >= 0.3 is 5.97 Å². The first kappa shape index (κ1) is 24.3. The fraction of sp³-hybridized carbons (Fsp3) is 0.0357. The molecule has 0 aromatic heterocycles. The normalized spacial score (nSPS) is 14.6. The molecule has 0 radical (unpaired) electrons. The molecule has 0 saturated carbocycles. The summed E-state index contributed by atoms with van der Waals surface area (Å²) in [5.74, 6) is -0.492. The van der Waals surface area contributed by atoms with Crippen LogP contribution in [0.5, 0.6) is 5.75 Å². The number of hydrogen-bond donors (Lipinski definition) is 0. The van der Waals surface area contributed by atoms with Crippen molar-refractivity contribution in [3.63, 3.8) is 0 Å². The van der Waals surface area contributed by atoms with Gasteiger partial charge in [-0.1, -0.05) is 66.2 Å². The van der Waals surface area contributed by atoms with Crippen LogP contribution in [0.4, 0.5) is 4.79 Å². The molecule has 1 heterocycles. The molecule has 5 rings (SSSR count). The van der Waals surface area contributed by atoms with Crippen LogP contribution in [0.15, 0.2) is 94.3 Å². The molecule has 8 heteroatoms. The fourth-order valence-corrected chi connectivity index (χ4v) is 5.38.